The highest BCUT2D eigenvalue weighted by Crippen LogP contribution is 2.64. The van der Waals surface area contributed by atoms with Crippen LogP contribution in [0.2, 0.25) is 0 Å². The highest BCUT2D eigenvalue weighted by Gasteiger charge is 2.51. The van der Waals surface area contributed by atoms with Crippen LogP contribution in [0, 0.1) is 46.8 Å². The zero-order chi connectivity index (χ0) is 28.8. The molecule has 0 N–H and O–H groups in total. The molecule has 0 spiro atoms. The molecule has 2 aliphatic rings. The molecule has 2 fully saturated rings. The number of allylic oxidation sites excluding steroid dienone is 3. The van der Waals surface area contributed by atoms with Crippen molar-refractivity contribution < 1.29 is 0 Å². The zero-order valence-electron chi connectivity index (χ0n) is 28.2. The molecule has 39 heavy (non-hydrogen) atoms. The van der Waals surface area contributed by atoms with E-state index in [2.05, 4.69) is 80.2 Å². The maximum Gasteiger partial charge on any atom is -0.00732 e. The molecule has 0 radical (unpaired) electrons. The van der Waals surface area contributed by atoms with Crippen molar-refractivity contribution in [1.29, 1.82) is 0 Å². The van der Waals surface area contributed by atoms with Crippen molar-refractivity contribution >= 4 is 0 Å². The summed E-state index contributed by atoms with van der Waals surface area (Å²) in [7, 11) is 0. The van der Waals surface area contributed by atoms with Crippen molar-refractivity contribution in [1.82, 2.24) is 0 Å². The van der Waals surface area contributed by atoms with E-state index in [1.165, 1.54) is 109 Å². The fourth-order valence-electron chi connectivity index (χ4n) is 7.63. The van der Waals surface area contributed by atoms with Gasteiger partial charge < -0.3 is 0 Å². The van der Waals surface area contributed by atoms with Crippen LogP contribution in [0.25, 0.3) is 0 Å². The SMILES string of the molecule is CCCC=C=CCCCC(CC(CC(C)C)CC(CCCC)CC1(C)CC1=C1CC1CC(C)CC)C(C)CC. The van der Waals surface area contributed by atoms with Crippen molar-refractivity contribution in [2.24, 2.45) is 46.8 Å². The highest BCUT2D eigenvalue weighted by atomic mass is 14.6. The Morgan fingerprint density at radius 1 is 0.846 bits per heavy atom. The minimum absolute atomic E-state index is 0.550. The maximum absolute atomic E-state index is 3.42. The summed E-state index contributed by atoms with van der Waals surface area (Å²) in [6, 6.07) is 0. The second-order valence-electron chi connectivity index (χ2n) is 15.0. The third-order valence-corrected chi connectivity index (χ3v) is 10.6. The Kier molecular flexibility index (Phi) is 15.8. The second-order valence-corrected chi connectivity index (χ2v) is 15.0. The van der Waals surface area contributed by atoms with E-state index in [4.69, 9.17) is 0 Å². The van der Waals surface area contributed by atoms with E-state index in [9.17, 15) is 0 Å². The van der Waals surface area contributed by atoms with E-state index >= 15 is 0 Å². The van der Waals surface area contributed by atoms with Crippen molar-refractivity contribution in [3.05, 3.63) is 29.0 Å². The predicted octanol–water partition coefficient (Wildman–Crippen LogP) is 13.1. The maximum atomic E-state index is 3.42. The Hall–Kier alpha value is -0.740. The minimum atomic E-state index is 0.550. The molecule has 0 aliphatic heterocycles. The topological polar surface area (TPSA) is 0 Å². The van der Waals surface area contributed by atoms with Crippen LogP contribution in [-0.4, -0.2) is 0 Å². The Morgan fingerprint density at radius 2 is 1.59 bits per heavy atom. The smallest absolute Gasteiger partial charge is 0.00732 e. The lowest BCUT2D eigenvalue weighted by atomic mass is 9.74. The van der Waals surface area contributed by atoms with Gasteiger partial charge in [0.05, 0.1) is 0 Å². The third kappa shape index (κ3) is 12.8. The molecular formula is C39H70. The van der Waals surface area contributed by atoms with Crippen LogP contribution in [-0.2, 0) is 0 Å². The monoisotopic (exact) mass is 539 g/mol. The first-order valence-corrected chi connectivity index (χ1v) is 17.8. The highest BCUT2D eigenvalue weighted by molar-refractivity contribution is 5.44. The molecule has 2 saturated carbocycles. The lowest BCUT2D eigenvalue weighted by Gasteiger charge is -2.32. The molecule has 226 valence electrons. The van der Waals surface area contributed by atoms with Gasteiger partial charge in [-0.25, -0.2) is 0 Å². The van der Waals surface area contributed by atoms with E-state index in [-0.39, 0.29) is 0 Å². The Balaban J connectivity index is 2.03. The summed E-state index contributed by atoms with van der Waals surface area (Å²) in [5.41, 5.74) is 7.79. The molecule has 0 nitrogen and oxygen atoms in total. The zero-order valence-corrected chi connectivity index (χ0v) is 28.2. The molecule has 0 bridgehead atoms. The quantitative estimate of drug-likeness (QED) is 0.0730. The van der Waals surface area contributed by atoms with E-state index in [0.29, 0.717) is 5.41 Å². The molecular weight excluding hydrogens is 468 g/mol. The van der Waals surface area contributed by atoms with Gasteiger partial charge in [0, 0.05) is 0 Å². The van der Waals surface area contributed by atoms with Crippen LogP contribution in [0.4, 0.5) is 0 Å². The van der Waals surface area contributed by atoms with Crippen molar-refractivity contribution in [3.8, 4) is 0 Å². The molecule has 0 saturated heterocycles. The first-order valence-electron chi connectivity index (χ1n) is 17.8. The van der Waals surface area contributed by atoms with Crippen molar-refractivity contribution in [2.45, 2.75) is 171 Å². The van der Waals surface area contributed by atoms with Gasteiger partial charge in [-0.05, 0) is 130 Å². The molecule has 0 aromatic carbocycles. The lowest BCUT2D eigenvalue weighted by molar-refractivity contribution is 0.195. The molecule has 2 rings (SSSR count). The molecule has 2 aliphatic carbocycles. The summed E-state index contributed by atoms with van der Waals surface area (Å²) < 4.78 is 0. The molecule has 0 heterocycles. The average Bonchev–Trinajstić information content (AvgIpc) is 3.80. The van der Waals surface area contributed by atoms with E-state index in [0.717, 1.165) is 41.4 Å². The summed E-state index contributed by atoms with van der Waals surface area (Å²) in [6.07, 6.45) is 27.9. The fourth-order valence-corrected chi connectivity index (χ4v) is 7.63. The summed E-state index contributed by atoms with van der Waals surface area (Å²) in [5.74, 6) is 6.24. The number of hydrogen-bond donors (Lipinski definition) is 0. The minimum Gasteiger partial charge on any atom is -0.130 e. The van der Waals surface area contributed by atoms with Gasteiger partial charge in [0.15, 0.2) is 0 Å². The number of unbranched alkanes of at least 4 members (excludes halogenated alkanes) is 3. The summed E-state index contributed by atoms with van der Waals surface area (Å²) in [6.45, 7) is 22.0. The molecule has 0 aromatic heterocycles. The summed E-state index contributed by atoms with van der Waals surface area (Å²) in [4.78, 5) is 0. The summed E-state index contributed by atoms with van der Waals surface area (Å²) >= 11 is 0. The second kappa shape index (κ2) is 17.9. The molecule has 7 unspecified atom stereocenters. The van der Waals surface area contributed by atoms with Crippen LogP contribution in [0.1, 0.15) is 171 Å². The predicted molar refractivity (Wildman–Crippen MR) is 176 cm³/mol. The van der Waals surface area contributed by atoms with Gasteiger partial charge in [-0.3, -0.25) is 0 Å². The van der Waals surface area contributed by atoms with Crippen LogP contribution in [0.15, 0.2) is 29.0 Å². The molecule has 0 aromatic rings. The summed E-state index contributed by atoms with van der Waals surface area (Å²) in [5, 5.41) is 0. The Bertz CT molecular complexity index is 761. The Labute approximate surface area is 247 Å². The fraction of sp³-hybridized carbons (Fsp3) is 0.872. The van der Waals surface area contributed by atoms with Crippen molar-refractivity contribution in [3.63, 3.8) is 0 Å². The standard InChI is InChI=1S/C39H70/c1-10-14-16-17-18-19-20-22-35(32(8)13-4)26-34(23-30(5)6)25-33(21-15-11-2)28-39(9)29-38(39)37-27-36(37)24-31(7)12-3/h16,18,30-36H,10-15,19-29H2,1-9H3. The Morgan fingerprint density at radius 3 is 2.23 bits per heavy atom. The molecule has 0 amide bonds. The average molecular weight is 539 g/mol. The lowest BCUT2D eigenvalue weighted by Crippen LogP contribution is -2.21. The van der Waals surface area contributed by atoms with Crippen molar-refractivity contribution in [2.75, 3.05) is 0 Å². The van der Waals surface area contributed by atoms with Gasteiger partial charge in [0.1, 0.15) is 0 Å². The van der Waals surface area contributed by atoms with Crippen LogP contribution < -0.4 is 0 Å². The van der Waals surface area contributed by atoms with Gasteiger partial charge in [0.2, 0.25) is 0 Å². The first-order chi connectivity index (χ1) is 18.7. The van der Waals surface area contributed by atoms with E-state index < -0.39 is 0 Å². The first kappa shape index (κ1) is 34.5. The number of rotatable bonds is 22. The number of hydrogen-bond acceptors (Lipinski definition) is 0. The third-order valence-electron chi connectivity index (χ3n) is 10.6. The van der Waals surface area contributed by atoms with Gasteiger partial charge in [-0.15, -0.1) is 5.73 Å². The van der Waals surface area contributed by atoms with Gasteiger partial charge in [0.25, 0.3) is 0 Å². The molecule has 0 heteroatoms. The normalized spacial score (nSPS) is 26.1. The van der Waals surface area contributed by atoms with Gasteiger partial charge >= 0.3 is 0 Å². The van der Waals surface area contributed by atoms with Crippen LogP contribution in [0.3, 0.4) is 0 Å². The largest absolute Gasteiger partial charge is 0.130 e. The van der Waals surface area contributed by atoms with Gasteiger partial charge in [-0.2, -0.15) is 0 Å². The molecule has 7 atom stereocenters. The van der Waals surface area contributed by atoms with Gasteiger partial charge in [-0.1, -0.05) is 112 Å². The van der Waals surface area contributed by atoms with Crippen LogP contribution >= 0.6 is 0 Å². The van der Waals surface area contributed by atoms with E-state index in [1.807, 2.05) is 11.1 Å². The van der Waals surface area contributed by atoms with E-state index in [1.54, 1.807) is 0 Å². The van der Waals surface area contributed by atoms with Crippen LogP contribution in [0.5, 0.6) is 0 Å².